The number of nitrogens with one attached hydrogen (secondary N) is 1. The maximum atomic E-state index is 12.9. The van der Waals surface area contributed by atoms with E-state index < -0.39 is 23.8 Å². The lowest BCUT2D eigenvalue weighted by atomic mass is 9.92. The first-order valence-corrected chi connectivity index (χ1v) is 8.93. The molecule has 0 radical (unpaired) electrons. The van der Waals surface area contributed by atoms with Gasteiger partial charge in [-0.3, -0.25) is 24.8 Å². The number of carbonyl (C=O) groups is 3. The van der Waals surface area contributed by atoms with Gasteiger partial charge in [-0.15, -0.1) is 0 Å². The lowest BCUT2D eigenvalue weighted by Crippen LogP contribution is -2.62. The van der Waals surface area contributed by atoms with Crippen molar-refractivity contribution in [1.29, 1.82) is 0 Å². The molecule has 4 amide bonds. The van der Waals surface area contributed by atoms with E-state index in [-0.39, 0.29) is 6.04 Å². The van der Waals surface area contributed by atoms with Crippen LogP contribution in [0.25, 0.3) is 0 Å². The fraction of sp³-hybridized carbons (Fsp3) is 0.474. The van der Waals surface area contributed by atoms with Gasteiger partial charge in [-0.25, -0.2) is 4.79 Å². The molecule has 7 heteroatoms. The molecule has 2 aliphatic carbocycles. The molecular weight excluding hydrogens is 334 g/mol. The lowest BCUT2D eigenvalue weighted by Gasteiger charge is -2.36. The first-order chi connectivity index (χ1) is 12.6. The number of hydrogen-bond acceptors (Lipinski definition) is 5. The first-order valence-electron chi connectivity index (χ1n) is 8.93. The van der Waals surface area contributed by atoms with E-state index in [9.17, 15) is 14.4 Å². The highest BCUT2D eigenvalue weighted by molar-refractivity contribution is 6.23. The van der Waals surface area contributed by atoms with Crippen LogP contribution in [0.2, 0.25) is 0 Å². The maximum Gasteiger partial charge on any atom is 0.331 e. The molecule has 26 heavy (non-hydrogen) atoms. The number of imide groups is 2. The minimum absolute atomic E-state index is 0.0953. The third-order valence-electron chi connectivity index (χ3n) is 5.69. The predicted molar refractivity (Wildman–Crippen MR) is 94.3 cm³/mol. The third-order valence-corrected chi connectivity index (χ3v) is 5.69. The highest BCUT2D eigenvalue weighted by atomic mass is 16.5. The highest BCUT2D eigenvalue weighted by Crippen LogP contribution is 2.47. The number of amides is 4. The number of hydrogen-bond donors (Lipinski definition) is 1. The summed E-state index contributed by atoms with van der Waals surface area (Å²) in [6.07, 6.45) is 5.45. The number of barbiturate groups is 1. The van der Waals surface area contributed by atoms with E-state index in [4.69, 9.17) is 4.74 Å². The molecule has 3 aliphatic rings. The monoisotopic (exact) mass is 355 g/mol. The van der Waals surface area contributed by atoms with Gasteiger partial charge in [-0.2, -0.15) is 0 Å². The molecule has 3 fully saturated rings. The fourth-order valence-corrected chi connectivity index (χ4v) is 4.43. The Balaban J connectivity index is 1.55. The summed E-state index contributed by atoms with van der Waals surface area (Å²) in [4.78, 5) is 42.9. The zero-order valence-electron chi connectivity index (χ0n) is 14.6. The summed E-state index contributed by atoms with van der Waals surface area (Å²) in [6, 6.07) is 6.33. The molecule has 1 N–H and O–H groups in total. The van der Waals surface area contributed by atoms with Gasteiger partial charge < -0.3 is 4.74 Å². The fourth-order valence-electron chi connectivity index (χ4n) is 4.43. The van der Waals surface area contributed by atoms with Crippen molar-refractivity contribution in [2.75, 3.05) is 7.11 Å². The molecular formula is C19H21N3O4. The van der Waals surface area contributed by atoms with Crippen LogP contribution in [0, 0.1) is 17.8 Å². The Labute approximate surface area is 151 Å². The predicted octanol–water partition coefficient (Wildman–Crippen LogP) is 2.28. The second-order valence-electron chi connectivity index (χ2n) is 7.20. The average Bonchev–Trinajstić information content (AvgIpc) is 3.25. The summed E-state index contributed by atoms with van der Waals surface area (Å²) in [7, 11) is 1.56. The number of benzene rings is 1. The first kappa shape index (κ1) is 16.8. The van der Waals surface area contributed by atoms with Crippen molar-refractivity contribution in [2.24, 2.45) is 22.7 Å². The third kappa shape index (κ3) is 2.87. The number of carbonyl (C=O) groups excluding carboxylic acids is 3. The van der Waals surface area contributed by atoms with Crippen molar-refractivity contribution in [3.63, 3.8) is 0 Å². The van der Waals surface area contributed by atoms with Crippen molar-refractivity contribution >= 4 is 29.7 Å². The summed E-state index contributed by atoms with van der Waals surface area (Å²) < 4.78 is 5.14. The summed E-state index contributed by atoms with van der Waals surface area (Å²) in [5.41, 5.74) is 0.577. The molecule has 4 atom stereocenters. The highest BCUT2D eigenvalue weighted by Gasteiger charge is 2.50. The van der Waals surface area contributed by atoms with E-state index in [1.165, 1.54) is 17.5 Å². The largest absolute Gasteiger partial charge is 0.497 e. The van der Waals surface area contributed by atoms with Gasteiger partial charge in [0.1, 0.15) is 5.75 Å². The van der Waals surface area contributed by atoms with E-state index >= 15 is 0 Å². The maximum absolute atomic E-state index is 12.9. The van der Waals surface area contributed by atoms with E-state index in [0.717, 1.165) is 19.3 Å². The van der Waals surface area contributed by atoms with Crippen molar-refractivity contribution in [3.8, 4) is 5.75 Å². The number of fused-ring (bicyclic) bond motifs is 2. The molecule has 1 aromatic carbocycles. The minimum Gasteiger partial charge on any atom is -0.497 e. The van der Waals surface area contributed by atoms with Crippen LogP contribution in [-0.2, 0) is 9.59 Å². The Morgan fingerprint density at radius 2 is 2.08 bits per heavy atom. The second-order valence-corrected chi connectivity index (χ2v) is 7.20. The molecule has 1 aromatic rings. The van der Waals surface area contributed by atoms with Gasteiger partial charge >= 0.3 is 6.03 Å². The van der Waals surface area contributed by atoms with Gasteiger partial charge in [0.2, 0.25) is 11.8 Å². The van der Waals surface area contributed by atoms with Crippen LogP contribution in [0.1, 0.15) is 25.7 Å². The van der Waals surface area contributed by atoms with Gasteiger partial charge in [0.05, 0.1) is 12.8 Å². The molecule has 2 bridgehead atoms. The van der Waals surface area contributed by atoms with Crippen LogP contribution in [0.3, 0.4) is 0 Å². The molecule has 1 saturated heterocycles. The molecule has 1 aliphatic heterocycles. The van der Waals surface area contributed by atoms with Crippen molar-refractivity contribution < 1.29 is 19.1 Å². The topological polar surface area (TPSA) is 88.1 Å². The van der Waals surface area contributed by atoms with Crippen LogP contribution in [-0.4, -0.2) is 42.1 Å². The van der Waals surface area contributed by atoms with Gasteiger partial charge in [-0.1, -0.05) is 12.5 Å². The Hall–Kier alpha value is -2.70. The minimum atomic E-state index is -1.09. The number of ether oxygens (including phenoxy) is 1. The van der Waals surface area contributed by atoms with Crippen molar-refractivity contribution in [2.45, 2.75) is 31.7 Å². The summed E-state index contributed by atoms with van der Waals surface area (Å²) in [5, 5.41) is 2.32. The van der Waals surface area contributed by atoms with Gasteiger partial charge in [0, 0.05) is 18.3 Å². The number of rotatable bonds is 4. The van der Waals surface area contributed by atoms with E-state index in [0.29, 0.717) is 23.3 Å². The molecule has 2 saturated carbocycles. The SMILES string of the molecule is COc1cccc(N=C[C@@H]2C(=O)NC(=O)N([C@@H]3C[C@H]4CC[C@H]3C4)C2=O)c1. The van der Waals surface area contributed by atoms with Crippen molar-refractivity contribution in [1.82, 2.24) is 10.2 Å². The van der Waals surface area contributed by atoms with Crippen molar-refractivity contribution in [3.05, 3.63) is 24.3 Å². The number of aliphatic imine (C=N–C) groups is 1. The van der Waals surface area contributed by atoms with Crippen LogP contribution in [0.15, 0.2) is 29.3 Å². The van der Waals surface area contributed by atoms with E-state index in [2.05, 4.69) is 10.3 Å². The van der Waals surface area contributed by atoms with E-state index in [1.54, 1.807) is 31.4 Å². The van der Waals surface area contributed by atoms with Crippen LogP contribution >= 0.6 is 0 Å². The van der Waals surface area contributed by atoms with Gasteiger partial charge in [0.15, 0.2) is 5.92 Å². The molecule has 4 rings (SSSR count). The van der Waals surface area contributed by atoms with E-state index in [1.807, 2.05) is 0 Å². The van der Waals surface area contributed by atoms with Crippen LogP contribution < -0.4 is 10.1 Å². The standard InChI is InChI=1S/C19H21N3O4/c1-26-14-4-2-3-13(9-14)20-10-15-17(23)21-19(25)22(18(15)24)16-8-11-5-6-12(16)7-11/h2-4,9-12,15-16H,5-8H2,1H3,(H,21,23,25)/t11-,12-,15+,16+/m0/s1. The second kappa shape index (κ2) is 6.55. The average molecular weight is 355 g/mol. The van der Waals surface area contributed by atoms with Gasteiger partial charge in [-0.05, 0) is 43.2 Å². The zero-order valence-corrected chi connectivity index (χ0v) is 14.6. The summed E-state index contributed by atoms with van der Waals surface area (Å²) in [5.74, 6) is -0.587. The summed E-state index contributed by atoms with van der Waals surface area (Å²) in [6.45, 7) is 0. The molecule has 136 valence electrons. The quantitative estimate of drug-likeness (QED) is 0.663. The van der Waals surface area contributed by atoms with Gasteiger partial charge in [0.25, 0.3) is 0 Å². The lowest BCUT2D eigenvalue weighted by molar-refractivity contribution is -0.141. The smallest absolute Gasteiger partial charge is 0.331 e. The number of urea groups is 1. The molecule has 0 aromatic heterocycles. The Bertz CT molecular complexity index is 791. The molecule has 0 unspecified atom stereocenters. The molecule has 1 heterocycles. The Morgan fingerprint density at radius 1 is 1.23 bits per heavy atom. The molecule has 0 spiro atoms. The summed E-state index contributed by atoms with van der Waals surface area (Å²) >= 11 is 0. The number of nitrogens with zero attached hydrogens (tertiary/aromatic N) is 2. The Kier molecular flexibility index (Phi) is 4.22. The zero-order chi connectivity index (χ0) is 18.3. The Morgan fingerprint density at radius 3 is 2.77 bits per heavy atom. The molecule has 7 nitrogen and oxygen atoms in total. The normalized spacial score (nSPS) is 31.0. The van der Waals surface area contributed by atoms with Crippen LogP contribution in [0.5, 0.6) is 5.75 Å². The van der Waals surface area contributed by atoms with Crippen LogP contribution in [0.4, 0.5) is 10.5 Å². The number of methoxy groups -OCH3 is 1.